The molecule has 0 bridgehead atoms. The third-order valence-electron chi connectivity index (χ3n) is 3.58. The molecule has 0 spiro atoms. The molecule has 1 aromatic rings. The molecule has 0 radical (unpaired) electrons. The number of nitrogens with one attached hydrogen (secondary N) is 1. The predicted octanol–water partition coefficient (Wildman–Crippen LogP) is 2.30. The van der Waals surface area contributed by atoms with Crippen LogP contribution in [0.15, 0.2) is 30.3 Å². The Hall–Kier alpha value is -0.870. The molecule has 0 saturated carbocycles. The van der Waals surface area contributed by atoms with Gasteiger partial charge in [-0.1, -0.05) is 43.7 Å². The monoisotopic (exact) mass is 267 g/mol. The molecule has 1 N–H and O–H groups in total. The van der Waals surface area contributed by atoms with E-state index in [9.17, 15) is 8.42 Å². The van der Waals surface area contributed by atoms with Crippen LogP contribution in [0.1, 0.15) is 37.8 Å². The quantitative estimate of drug-likeness (QED) is 0.910. The smallest absolute Gasteiger partial charge is 0.155 e. The average Bonchev–Trinajstić information content (AvgIpc) is 2.37. The van der Waals surface area contributed by atoms with E-state index in [1.54, 1.807) is 0 Å². The molecule has 1 aromatic carbocycles. The fourth-order valence-corrected chi connectivity index (χ4v) is 4.80. The lowest BCUT2D eigenvalue weighted by atomic mass is 9.99. The van der Waals surface area contributed by atoms with E-state index in [0.29, 0.717) is 5.75 Å². The topological polar surface area (TPSA) is 46.2 Å². The average molecular weight is 267 g/mol. The van der Waals surface area contributed by atoms with Gasteiger partial charge in [-0.2, -0.15) is 0 Å². The van der Waals surface area contributed by atoms with Crippen LogP contribution in [0.2, 0.25) is 0 Å². The Morgan fingerprint density at radius 2 is 2.00 bits per heavy atom. The third-order valence-corrected chi connectivity index (χ3v) is 5.87. The molecule has 1 aliphatic rings. The van der Waals surface area contributed by atoms with Crippen molar-refractivity contribution in [2.45, 2.75) is 37.5 Å². The van der Waals surface area contributed by atoms with Crippen LogP contribution in [0.25, 0.3) is 0 Å². The number of benzene rings is 1. The summed E-state index contributed by atoms with van der Waals surface area (Å²) >= 11 is 0. The molecule has 1 aliphatic heterocycles. The first-order valence-corrected chi connectivity index (χ1v) is 8.36. The molecule has 3 nitrogen and oxygen atoms in total. The van der Waals surface area contributed by atoms with Crippen LogP contribution in [0.4, 0.5) is 0 Å². The zero-order chi connectivity index (χ0) is 13.0. The number of hydrogen-bond acceptors (Lipinski definition) is 3. The van der Waals surface area contributed by atoms with Crippen LogP contribution >= 0.6 is 0 Å². The minimum Gasteiger partial charge on any atom is -0.309 e. The van der Waals surface area contributed by atoms with Gasteiger partial charge >= 0.3 is 0 Å². The van der Waals surface area contributed by atoms with E-state index in [0.717, 1.165) is 31.4 Å². The second kappa shape index (κ2) is 5.85. The van der Waals surface area contributed by atoms with Gasteiger partial charge in [-0.15, -0.1) is 0 Å². The second-order valence-electron chi connectivity index (χ2n) is 4.85. The van der Waals surface area contributed by atoms with Gasteiger partial charge in [0.2, 0.25) is 0 Å². The van der Waals surface area contributed by atoms with Crippen LogP contribution in [-0.2, 0) is 9.84 Å². The van der Waals surface area contributed by atoms with Crippen LogP contribution in [-0.4, -0.2) is 26.0 Å². The van der Waals surface area contributed by atoms with Crippen molar-refractivity contribution in [3.63, 3.8) is 0 Å². The highest BCUT2D eigenvalue weighted by Gasteiger charge is 2.35. The molecular weight excluding hydrogens is 246 g/mol. The first-order valence-electron chi connectivity index (χ1n) is 6.65. The largest absolute Gasteiger partial charge is 0.309 e. The van der Waals surface area contributed by atoms with Crippen molar-refractivity contribution in [2.24, 2.45) is 0 Å². The van der Waals surface area contributed by atoms with Crippen LogP contribution in [0, 0.1) is 0 Å². The highest BCUT2D eigenvalue weighted by Crippen LogP contribution is 2.30. The number of hydrogen-bond donors (Lipinski definition) is 1. The van der Waals surface area contributed by atoms with Crippen molar-refractivity contribution >= 4 is 9.84 Å². The van der Waals surface area contributed by atoms with E-state index in [2.05, 4.69) is 5.32 Å². The summed E-state index contributed by atoms with van der Waals surface area (Å²) in [7, 11) is -2.96. The van der Waals surface area contributed by atoms with Crippen molar-refractivity contribution in [3.05, 3.63) is 35.9 Å². The summed E-state index contributed by atoms with van der Waals surface area (Å²) in [5, 5.41) is 3.08. The molecule has 0 aliphatic carbocycles. The molecule has 0 aromatic heterocycles. The molecule has 100 valence electrons. The molecule has 2 rings (SSSR count). The van der Waals surface area contributed by atoms with Crippen molar-refractivity contribution in [2.75, 3.05) is 12.3 Å². The van der Waals surface area contributed by atoms with Crippen LogP contribution in [0.3, 0.4) is 0 Å². The lowest BCUT2D eigenvalue weighted by Crippen LogP contribution is -2.40. The summed E-state index contributed by atoms with van der Waals surface area (Å²) in [6.07, 6.45) is 2.60. The molecule has 1 saturated heterocycles. The first-order chi connectivity index (χ1) is 8.65. The third kappa shape index (κ3) is 2.93. The van der Waals surface area contributed by atoms with Gasteiger partial charge in [0.05, 0.1) is 11.0 Å². The maximum absolute atomic E-state index is 12.2. The minimum atomic E-state index is -2.96. The highest BCUT2D eigenvalue weighted by molar-refractivity contribution is 7.92. The van der Waals surface area contributed by atoms with Gasteiger partial charge in [-0.3, -0.25) is 0 Å². The Morgan fingerprint density at radius 3 is 2.61 bits per heavy atom. The Morgan fingerprint density at radius 1 is 1.28 bits per heavy atom. The molecule has 0 amide bonds. The summed E-state index contributed by atoms with van der Waals surface area (Å²) in [6, 6.07) is 9.85. The molecular formula is C14H21NO2S. The van der Waals surface area contributed by atoms with Crippen molar-refractivity contribution < 1.29 is 8.42 Å². The predicted molar refractivity (Wildman–Crippen MR) is 74.3 cm³/mol. The van der Waals surface area contributed by atoms with Gasteiger partial charge in [-0.05, 0) is 24.9 Å². The van der Waals surface area contributed by atoms with Gasteiger partial charge in [0, 0.05) is 6.04 Å². The first kappa shape index (κ1) is 13.6. The zero-order valence-corrected chi connectivity index (χ0v) is 11.6. The summed E-state index contributed by atoms with van der Waals surface area (Å²) in [6.45, 7) is 2.80. The fourth-order valence-electron chi connectivity index (χ4n) is 2.70. The van der Waals surface area contributed by atoms with E-state index in [-0.39, 0.29) is 11.3 Å². The summed E-state index contributed by atoms with van der Waals surface area (Å²) < 4.78 is 24.5. The maximum atomic E-state index is 12.2. The van der Waals surface area contributed by atoms with Crippen LogP contribution in [0.5, 0.6) is 0 Å². The van der Waals surface area contributed by atoms with Gasteiger partial charge in [-0.25, -0.2) is 8.42 Å². The fraction of sp³-hybridized carbons (Fsp3) is 0.571. The Labute approximate surface area is 110 Å². The summed E-state index contributed by atoms with van der Waals surface area (Å²) in [5.41, 5.74) is 1.08. The van der Waals surface area contributed by atoms with Gasteiger partial charge in [0.1, 0.15) is 0 Å². The Bertz CT molecular complexity index is 470. The lowest BCUT2D eigenvalue weighted by Gasteiger charge is -2.31. The van der Waals surface area contributed by atoms with Gasteiger partial charge < -0.3 is 5.32 Å². The van der Waals surface area contributed by atoms with E-state index in [1.165, 1.54) is 0 Å². The Kier molecular flexibility index (Phi) is 4.40. The second-order valence-corrected chi connectivity index (χ2v) is 7.19. The standard InChI is InChI=1S/C14H21NO2S/c1-2-15-14(12-8-4-3-5-9-12)13-10-6-7-11-18(13,16)17/h3-5,8-9,13-15H,2,6-7,10-11H2,1H3. The van der Waals surface area contributed by atoms with Gasteiger partial charge in [0.25, 0.3) is 0 Å². The number of sulfone groups is 1. The highest BCUT2D eigenvalue weighted by atomic mass is 32.2. The minimum absolute atomic E-state index is 0.0681. The molecule has 18 heavy (non-hydrogen) atoms. The van der Waals surface area contributed by atoms with E-state index in [1.807, 2.05) is 37.3 Å². The SMILES string of the molecule is CCNC(c1ccccc1)C1CCCCS1(=O)=O. The van der Waals surface area contributed by atoms with Crippen molar-refractivity contribution in [1.82, 2.24) is 5.32 Å². The lowest BCUT2D eigenvalue weighted by molar-refractivity contribution is 0.454. The summed E-state index contributed by atoms with van der Waals surface area (Å²) in [5.74, 6) is 0.340. The molecule has 2 unspecified atom stereocenters. The van der Waals surface area contributed by atoms with E-state index >= 15 is 0 Å². The molecule has 2 atom stereocenters. The van der Waals surface area contributed by atoms with E-state index in [4.69, 9.17) is 0 Å². The zero-order valence-electron chi connectivity index (χ0n) is 10.8. The van der Waals surface area contributed by atoms with Gasteiger partial charge in [0.15, 0.2) is 9.84 Å². The summed E-state index contributed by atoms with van der Waals surface area (Å²) in [4.78, 5) is 0. The normalized spacial score (nSPS) is 24.6. The van der Waals surface area contributed by atoms with Crippen LogP contribution < -0.4 is 5.32 Å². The number of rotatable bonds is 4. The van der Waals surface area contributed by atoms with Crippen molar-refractivity contribution in [3.8, 4) is 0 Å². The van der Waals surface area contributed by atoms with E-state index < -0.39 is 9.84 Å². The Balaban J connectivity index is 2.30. The molecule has 1 heterocycles. The maximum Gasteiger partial charge on any atom is 0.155 e. The van der Waals surface area contributed by atoms with Crippen molar-refractivity contribution in [1.29, 1.82) is 0 Å². The molecule has 1 fully saturated rings. The molecule has 4 heteroatoms.